The number of aromatic nitrogens is 2. The molecule has 2 aromatic heterocycles. The SMILES string of the molecule is CC(O)c1ccncc1Br.O=Cc1ccncc1Br.[Br-].[CH3-].[Mg+2]. The summed E-state index contributed by atoms with van der Waals surface area (Å²) in [6.45, 7) is 1.72. The predicted molar refractivity (Wildman–Crippen MR) is 92.1 cm³/mol. The summed E-state index contributed by atoms with van der Waals surface area (Å²) in [5.41, 5.74) is 1.50. The Hall–Kier alpha value is 0.136. The fourth-order valence-electron chi connectivity index (χ4n) is 1.21. The van der Waals surface area contributed by atoms with Gasteiger partial charge in [0.15, 0.2) is 6.29 Å². The van der Waals surface area contributed by atoms with Crippen LogP contribution in [0.4, 0.5) is 0 Å². The number of halogens is 3. The molecule has 0 spiro atoms. The van der Waals surface area contributed by atoms with Crippen molar-refractivity contribution in [1.82, 2.24) is 9.97 Å². The quantitative estimate of drug-likeness (QED) is 0.368. The van der Waals surface area contributed by atoms with Crippen molar-refractivity contribution in [1.29, 1.82) is 0 Å². The van der Waals surface area contributed by atoms with E-state index in [0.717, 1.165) is 20.8 Å². The van der Waals surface area contributed by atoms with Crippen molar-refractivity contribution < 1.29 is 26.9 Å². The van der Waals surface area contributed by atoms with Gasteiger partial charge < -0.3 is 29.5 Å². The molecule has 0 saturated heterocycles. The molecule has 4 nitrogen and oxygen atoms in total. The van der Waals surface area contributed by atoms with Crippen LogP contribution in [0.25, 0.3) is 0 Å². The number of aliphatic hydroxyl groups excluding tert-OH is 1. The van der Waals surface area contributed by atoms with Crippen LogP contribution >= 0.6 is 31.9 Å². The second kappa shape index (κ2) is 14.7. The van der Waals surface area contributed by atoms with Gasteiger partial charge in [0, 0.05) is 39.3 Å². The van der Waals surface area contributed by atoms with Crippen LogP contribution in [0.15, 0.2) is 45.9 Å². The zero-order valence-electron chi connectivity index (χ0n) is 12.2. The average molecular weight is 507 g/mol. The number of rotatable bonds is 2. The summed E-state index contributed by atoms with van der Waals surface area (Å²) < 4.78 is 1.59. The zero-order valence-corrected chi connectivity index (χ0v) is 18.4. The fraction of sp³-hybridized carbons (Fsp3) is 0.143. The van der Waals surface area contributed by atoms with Gasteiger partial charge in [-0.15, -0.1) is 0 Å². The van der Waals surface area contributed by atoms with Crippen LogP contribution in [0.1, 0.15) is 28.9 Å². The Morgan fingerprint density at radius 3 is 1.95 bits per heavy atom. The largest absolute Gasteiger partial charge is 2.00 e. The second-order valence-electron chi connectivity index (χ2n) is 3.59. The Bertz CT molecular complexity index is 557. The van der Waals surface area contributed by atoms with Gasteiger partial charge in [-0.3, -0.25) is 14.8 Å². The van der Waals surface area contributed by atoms with E-state index in [1.807, 2.05) is 0 Å². The first-order chi connectivity index (χ1) is 9.06. The van der Waals surface area contributed by atoms with Gasteiger partial charge in [-0.25, -0.2) is 0 Å². The molecule has 0 aliphatic carbocycles. The molecule has 2 aromatic rings. The predicted octanol–water partition coefficient (Wildman–Crippen LogP) is 0.627. The van der Waals surface area contributed by atoms with Gasteiger partial charge in [0.05, 0.1) is 6.10 Å². The molecular weight excluding hydrogens is 492 g/mol. The van der Waals surface area contributed by atoms with E-state index in [4.69, 9.17) is 5.11 Å². The van der Waals surface area contributed by atoms with Crippen molar-refractivity contribution in [3.8, 4) is 0 Å². The van der Waals surface area contributed by atoms with E-state index in [2.05, 4.69) is 41.8 Å². The van der Waals surface area contributed by atoms with Crippen molar-refractivity contribution in [3.05, 3.63) is 64.4 Å². The molecule has 0 saturated carbocycles. The van der Waals surface area contributed by atoms with Crippen LogP contribution in [-0.2, 0) is 0 Å². The molecule has 2 rings (SSSR count). The van der Waals surface area contributed by atoms with Gasteiger partial charge in [-0.2, -0.15) is 0 Å². The van der Waals surface area contributed by atoms with E-state index in [0.29, 0.717) is 5.56 Å². The molecule has 0 aliphatic heterocycles. The molecule has 116 valence electrons. The van der Waals surface area contributed by atoms with Gasteiger partial charge in [-0.1, -0.05) is 0 Å². The molecule has 1 unspecified atom stereocenters. The smallest absolute Gasteiger partial charge is 1.00 e. The van der Waals surface area contributed by atoms with Crippen LogP contribution in [0.3, 0.4) is 0 Å². The molecular formula is C14H15Br3MgN2O2. The number of pyridine rings is 2. The molecule has 8 heteroatoms. The van der Waals surface area contributed by atoms with Crippen LogP contribution in [0.2, 0.25) is 0 Å². The molecule has 22 heavy (non-hydrogen) atoms. The normalized spacial score (nSPS) is 9.64. The Labute approximate surface area is 174 Å². The van der Waals surface area contributed by atoms with E-state index in [9.17, 15) is 4.79 Å². The van der Waals surface area contributed by atoms with Crippen molar-refractivity contribution in [2.75, 3.05) is 0 Å². The zero-order chi connectivity index (χ0) is 14.3. The van der Waals surface area contributed by atoms with Crippen molar-refractivity contribution in [2.45, 2.75) is 13.0 Å². The maximum atomic E-state index is 10.2. The monoisotopic (exact) mass is 504 g/mol. The van der Waals surface area contributed by atoms with Gasteiger partial charge in [0.1, 0.15) is 0 Å². The topological polar surface area (TPSA) is 63.1 Å². The number of hydrogen-bond donors (Lipinski definition) is 1. The number of nitrogens with zero attached hydrogens (tertiary/aromatic N) is 2. The summed E-state index contributed by atoms with van der Waals surface area (Å²) in [6.07, 6.45) is 6.84. The fourth-order valence-corrected chi connectivity index (χ4v) is 2.13. The summed E-state index contributed by atoms with van der Waals surface area (Å²) in [4.78, 5) is 17.8. The number of carbonyl (C=O) groups excluding carboxylic acids is 1. The average Bonchev–Trinajstić information content (AvgIpc) is 2.40. The number of aliphatic hydroxyl groups is 1. The Balaban J connectivity index is -0.000000290. The third-order valence-corrected chi connectivity index (χ3v) is 3.51. The van der Waals surface area contributed by atoms with E-state index in [1.54, 1.807) is 43.8 Å². The van der Waals surface area contributed by atoms with Gasteiger partial charge in [-0.05, 0) is 56.5 Å². The Morgan fingerprint density at radius 2 is 1.64 bits per heavy atom. The molecule has 0 fully saturated rings. The van der Waals surface area contributed by atoms with Crippen LogP contribution < -0.4 is 17.0 Å². The molecule has 0 bridgehead atoms. The summed E-state index contributed by atoms with van der Waals surface area (Å²) in [5.74, 6) is 0. The summed E-state index contributed by atoms with van der Waals surface area (Å²) >= 11 is 6.44. The molecule has 0 aromatic carbocycles. The van der Waals surface area contributed by atoms with Gasteiger partial charge >= 0.3 is 23.1 Å². The minimum Gasteiger partial charge on any atom is -1.00 e. The number of carbonyl (C=O) groups is 1. The standard InChI is InChI=1S/C7H8BrNO.C6H4BrNO.CH3.BrH.Mg/c1-5(10)6-2-3-9-4-7(6)8;7-6-3-8-2-1-5(6)4-9;;;/h2-5,10H,1H3;1-4H;1H3;1H;/q;;-1;;+2/p-1. The molecule has 0 aliphatic rings. The molecule has 0 radical (unpaired) electrons. The third kappa shape index (κ3) is 9.31. The summed E-state index contributed by atoms with van der Waals surface area (Å²) in [6, 6.07) is 3.44. The second-order valence-corrected chi connectivity index (χ2v) is 5.30. The van der Waals surface area contributed by atoms with E-state index >= 15 is 0 Å². The van der Waals surface area contributed by atoms with Gasteiger partial charge in [0.25, 0.3) is 0 Å². The van der Waals surface area contributed by atoms with Gasteiger partial charge in [0.2, 0.25) is 0 Å². The minimum absolute atomic E-state index is 0. The van der Waals surface area contributed by atoms with Crippen LogP contribution in [0.5, 0.6) is 0 Å². The molecule has 1 N–H and O–H groups in total. The number of aldehydes is 1. The van der Waals surface area contributed by atoms with Crippen molar-refractivity contribution in [3.63, 3.8) is 0 Å². The Morgan fingerprint density at radius 1 is 1.14 bits per heavy atom. The summed E-state index contributed by atoms with van der Waals surface area (Å²) in [7, 11) is 0. The van der Waals surface area contributed by atoms with Crippen molar-refractivity contribution in [2.24, 2.45) is 0 Å². The Kier molecular flexibility index (Phi) is 18.1. The van der Waals surface area contributed by atoms with E-state index < -0.39 is 6.10 Å². The van der Waals surface area contributed by atoms with E-state index in [-0.39, 0.29) is 47.5 Å². The van der Waals surface area contributed by atoms with Crippen LogP contribution in [-0.4, -0.2) is 44.4 Å². The third-order valence-electron chi connectivity index (χ3n) is 2.18. The molecule has 1 atom stereocenters. The summed E-state index contributed by atoms with van der Waals surface area (Å²) in [5, 5.41) is 9.15. The number of hydrogen-bond acceptors (Lipinski definition) is 4. The van der Waals surface area contributed by atoms with E-state index in [1.165, 1.54) is 0 Å². The maximum absolute atomic E-state index is 10.2. The first-order valence-corrected chi connectivity index (χ1v) is 6.97. The molecule has 0 amide bonds. The first-order valence-electron chi connectivity index (χ1n) is 5.38. The minimum atomic E-state index is -0.433. The molecule has 2 heterocycles. The first kappa shape index (κ1) is 27.0. The van der Waals surface area contributed by atoms with Crippen LogP contribution in [0, 0.1) is 7.43 Å². The van der Waals surface area contributed by atoms with Crippen molar-refractivity contribution >= 4 is 61.2 Å². The maximum Gasteiger partial charge on any atom is 2.00 e.